The third kappa shape index (κ3) is 5.68. The van der Waals surface area contributed by atoms with Gasteiger partial charge in [0, 0.05) is 32.6 Å². The molecule has 0 N–H and O–H groups in total. The molecule has 0 aliphatic carbocycles. The first-order valence-electron chi connectivity index (χ1n) is 8.58. The minimum Gasteiger partial charge on any atom is -0.341 e. The van der Waals surface area contributed by atoms with Crippen molar-refractivity contribution in [3.63, 3.8) is 0 Å². The van der Waals surface area contributed by atoms with Crippen LogP contribution < -0.4 is 0 Å². The minimum absolute atomic E-state index is 0.0808. The Bertz CT molecular complexity index is 807. The first-order valence-corrected chi connectivity index (χ1v) is 10.4. The summed E-state index contributed by atoms with van der Waals surface area (Å²) in [4.78, 5) is 14.1. The van der Waals surface area contributed by atoms with E-state index in [4.69, 9.17) is 0 Å². The summed E-state index contributed by atoms with van der Waals surface area (Å²) in [5.41, 5.74) is 1.95. The van der Waals surface area contributed by atoms with Crippen LogP contribution in [0.1, 0.15) is 30.5 Å². The molecule has 0 radical (unpaired) electrons. The van der Waals surface area contributed by atoms with Crippen LogP contribution in [-0.2, 0) is 21.4 Å². The van der Waals surface area contributed by atoms with Crippen molar-refractivity contribution in [1.82, 2.24) is 9.21 Å². The van der Waals surface area contributed by atoms with E-state index in [1.165, 1.54) is 10.6 Å². The lowest BCUT2D eigenvalue weighted by molar-refractivity contribution is -0.130. The van der Waals surface area contributed by atoms with Crippen molar-refractivity contribution in [3.8, 4) is 0 Å². The van der Waals surface area contributed by atoms with Crippen LogP contribution in [0.25, 0.3) is 0 Å². The Labute approximate surface area is 156 Å². The fraction of sp³-hybridized carbons (Fsp3) is 0.350. The van der Waals surface area contributed by atoms with Crippen molar-refractivity contribution in [2.75, 3.05) is 19.8 Å². The highest BCUT2D eigenvalue weighted by molar-refractivity contribution is 7.88. The number of rotatable bonds is 8. The third-order valence-electron chi connectivity index (χ3n) is 4.37. The molecule has 0 saturated heterocycles. The average Bonchev–Trinajstić information content (AvgIpc) is 2.62. The van der Waals surface area contributed by atoms with Gasteiger partial charge in [0.1, 0.15) is 0 Å². The third-order valence-corrected chi connectivity index (χ3v) is 5.73. The maximum Gasteiger partial charge on any atom is 0.223 e. The molecule has 0 aliphatic heterocycles. The molecule has 0 aliphatic rings. The van der Waals surface area contributed by atoms with Crippen LogP contribution in [0.2, 0.25) is 0 Å². The molecule has 0 spiro atoms. The van der Waals surface area contributed by atoms with E-state index in [0.29, 0.717) is 6.54 Å². The Hall–Kier alpha value is -2.18. The summed E-state index contributed by atoms with van der Waals surface area (Å²) in [6, 6.07) is 18.8. The summed E-state index contributed by atoms with van der Waals surface area (Å²) < 4.78 is 25.8. The number of amides is 1. The Morgan fingerprint density at radius 1 is 1.00 bits per heavy atom. The van der Waals surface area contributed by atoms with E-state index in [1.54, 1.807) is 11.9 Å². The fourth-order valence-corrected chi connectivity index (χ4v) is 4.01. The van der Waals surface area contributed by atoms with Crippen LogP contribution in [0.4, 0.5) is 0 Å². The van der Waals surface area contributed by atoms with Gasteiger partial charge in [0.05, 0.1) is 6.26 Å². The van der Waals surface area contributed by atoms with Crippen LogP contribution in [-0.4, -0.2) is 43.4 Å². The molecule has 1 unspecified atom stereocenters. The molecule has 1 amide bonds. The van der Waals surface area contributed by atoms with E-state index in [-0.39, 0.29) is 24.9 Å². The van der Waals surface area contributed by atoms with Gasteiger partial charge in [0.25, 0.3) is 0 Å². The molecule has 6 heteroatoms. The lowest BCUT2D eigenvalue weighted by atomic mass is 10.1. The quantitative estimate of drug-likeness (QED) is 0.713. The first kappa shape index (κ1) is 20.1. The van der Waals surface area contributed by atoms with Crippen LogP contribution >= 0.6 is 0 Å². The smallest absolute Gasteiger partial charge is 0.223 e. The average molecular weight is 375 g/mol. The zero-order chi connectivity index (χ0) is 19.2. The molecule has 2 aromatic rings. The first-order chi connectivity index (χ1) is 12.3. The molecular weight excluding hydrogens is 348 g/mol. The molecule has 2 rings (SSSR count). The van der Waals surface area contributed by atoms with E-state index < -0.39 is 10.0 Å². The van der Waals surface area contributed by atoms with Gasteiger partial charge in [-0.1, -0.05) is 60.7 Å². The SMILES string of the molecule is CC(c1ccccc1)N(CCC(=O)N(C)Cc1ccccc1)S(C)(=O)=O. The largest absolute Gasteiger partial charge is 0.341 e. The zero-order valence-corrected chi connectivity index (χ0v) is 16.3. The van der Waals surface area contributed by atoms with Gasteiger partial charge in [-0.05, 0) is 18.1 Å². The number of benzene rings is 2. The highest BCUT2D eigenvalue weighted by Crippen LogP contribution is 2.23. The molecule has 5 nitrogen and oxygen atoms in total. The second-order valence-electron chi connectivity index (χ2n) is 6.45. The van der Waals surface area contributed by atoms with E-state index in [1.807, 2.05) is 67.6 Å². The number of carbonyl (C=O) groups excluding carboxylic acids is 1. The van der Waals surface area contributed by atoms with Gasteiger partial charge >= 0.3 is 0 Å². The highest BCUT2D eigenvalue weighted by atomic mass is 32.2. The Balaban J connectivity index is 2.02. The maximum absolute atomic E-state index is 12.4. The number of nitrogens with zero attached hydrogens (tertiary/aromatic N) is 2. The zero-order valence-electron chi connectivity index (χ0n) is 15.5. The van der Waals surface area contributed by atoms with Gasteiger partial charge in [0.15, 0.2) is 0 Å². The van der Waals surface area contributed by atoms with E-state index >= 15 is 0 Å². The second-order valence-corrected chi connectivity index (χ2v) is 8.38. The Morgan fingerprint density at radius 2 is 1.54 bits per heavy atom. The van der Waals surface area contributed by atoms with E-state index in [0.717, 1.165) is 11.1 Å². The van der Waals surface area contributed by atoms with Crippen molar-refractivity contribution >= 4 is 15.9 Å². The van der Waals surface area contributed by atoms with Gasteiger partial charge in [0.2, 0.25) is 15.9 Å². The monoisotopic (exact) mass is 374 g/mol. The van der Waals surface area contributed by atoms with Crippen LogP contribution in [0.3, 0.4) is 0 Å². The fourth-order valence-electron chi connectivity index (χ4n) is 2.89. The van der Waals surface area contributed by atoms with E-state index in [9.17, 15) is 13.2 Å². The normalized spacial score (nSPS) is 12.8. The molecular formula is C20H26N2O3S. The second kappa shape index (κ2) is 8.96. The predicted octanol–water partition coefficient (Wildman–Crippen LogP) is 3.06. The molecule has 0 aromatic heterocycles. The lowest BCUT2D eigenvalue weighted by Crippen LogP contribution is -2.36. The number of hydrogen-bond donors (Lipinski definition) is 0. The highest BCUT2D eigenvalue weighted by Gasteiger charge is 2.25. The predicted molar refractivity (Wildman–Crippen MR) is 104 cm³/mol. The van der Waals surface area contributed by atoms with Crippen LogP contribution in [0, 0.1) is 0 Å². The number of carbonyl (C=O) groups is 1. The van der Waals surface area contributed by atoms with Gasteiger partial charge in [-0.15, -0.1) is 0 Å². The molecule has 0 heterocycles. The molecule has 140 valence electrons. The molecule has 2 aromatic carbocycles. The molecule has 0 bridgehead atoms. The molecule has 0 fully saturated rings. The van der Waals surface area contributed by atoms with Crippen molar-refractivity contribution in [1.29, 1.82) is 0 Å². The standard InChI is InChI=1S/C20H26N2O3S/c1-17(19-12-8-5-9-13-19)22(26(3,24)25)15-14-20(23)21(2)16-18-10-6-4-7-11-18/h4-13,17H,14-16H2,1-3H3. The van der Waals surface area contributed by atoms with Gasteiger partial charge < -0.3 is 4.90 Å². The molecule has 1 atom stereocenters. The van der Waals surface area contributed by atoms with Gasteiger partial charge in [-0.3, -0.25) is 4.79 Å². The Kier molecular flexibility index (Phi) is 6.94. The summed E-state index contributed by atoms with van der Waals surface area (Å²) in [7, 11) is -1.69. The van der Waals surface area contributed by atoms with Gasteiger partial charge in [-0.25, -0.2) is 8.42 Å². The maximum atomic E-state index is 12.4. The van der Waals surface area contributed by atoms with Crippen LogP contribution in [0.5, 0.6) is 0 Å². The van der Waals surface area contributed by atoms with Crippen molar-refractivity contribution < 1.29 is 13.2 Å². The van der Waals surface area contributed by atoms with Crippen molar-refractivity contribution in [3.05, 3.63) is 71.8 Å². The number of sulfonamides is 1. The summed E-state index contributed by atoms with van der Waals surface area (Å²) in [5.74, 6) is -0.0808. The Morgan fingerprint density at radius 3 is 2.08 bits per heavy atom. The van der Waals surface area contributed by atoms with Crippen molar-refractivity contribution in [2.24, 2.45) is 0 Å². The molecule has 26 heavy (non-hydrogen) atoms. The van der Waals surface area contributed by atoms with Gasteiger partial charge in [-0.2, -0.15) is 4.31 Å². The topological polar surface area (TPSA) is 57.7 Å². The summed E-state index contributed by atoms with van der Waals surface area (Å²) in [6.07, 6.45) is 1.33. The number of hydrogen-bond acceptors (Lipinski definition) is 3. The summed E-state index contributed by atoms with van der Waals surface area (Å²) >= 11 is 0. The summed E-state index contributed by atoms with van der Waals surface area (Å²) in [5, 5.41) is 0. The minimum atomic E-state index is -3.43. The lowest BCUT2D eigenvalue weighted by Gasteiger charge is -2.28. The van der Waals surface area contributed by atoms with E-state index in [2.05, 4.69) is 0 Å². The van der Waals surface area contributed by atoms with Crippen molar-refractivity contribution in [2.45, 2.75) is 25.9 Å². The molecule has 0 saturated carbocycles. The van der Waals surface area contributed by atoms with Crippen LogP contribution in [0.15, 0.2) is 60.7 Å². The summed E-state index contributed by atoms with van der Waals surface area (Å²) in [6.45, 7) is 2.51.